The Labute approximate surface area is 177 Å². The Morgan fingerprint density at radius 1 is 1.03 bits per heavy atom. The summed E-state index contributed by atoms with van der Waals surface area (Å²) in [5, 5.41) is 0. The van der Waals surface area contributed by atoms with E-state index in [2.05, 4.69) is 16.6 Å². The Morgan fingerprint density at radius 3 is 2.30 bits per heavy atom. The van der Waals surface area contributed by atoms with E-state index in [-0.39, 0.29) is 29.7 Å². The van der Waals surface area contributed by atoms with Crippen LogP contribution in [0.2, 0.25) is 0 Å². The number of pyridine rings is 1. The lowest BCUT2D eigenvalue weighted by Crippen LogP contribution is -2.51. The van der Waals surface area contributed by atoms with Crippen molar-refractivity contribution in [2.45, 2.75) is 24.7 Å². The first-order valence-electron chi connectivity index (χ1n) is 9.96. The van der Waals surface area contributed by atoms with Gasteiger partial charge in [0.1, 0.15) is 4.90 Å². The van der Waals surface area contributed by atoms with Crippen LogP contribution < -0.4 is 4.72 Å². The molecule has 0 radical (unpaired) electrons. The third-order valence-electron chi connectivity index (χ3n) is 5.10. The number of carbonyl (C=O) groups is 2. The fraction of sp³-hybridized carbons (Fsp3) is 0.381. The Morgan fingerprint density at radius 2 is 1.70 bits per heavy atom. The molecule has 1 saturated heterocycles. The molecular formula is C21H26N4O4S. The molecule has 30 heavy (non-hydrogen) atoms. The van der Waals surface area contributed by atoms with Crippen LogP contribution >= 0.6 is 0 Å². The number of amides is 2. The number of benzene rings is 1. The predicted molar refractivity (Wildman–Crippen MR) is 112 cm³/mol. The number of piperazine rings is 1. The maximum absolute atomic E-state index is 12.6. The van der Waals surface area contributed by atoms with Gasteiger partial charge < -0.3 is 9.80 Å². The molecule has 2 heterocycles. The number of rotatable bonds is 7. The van der Waals surface area contributed by atoms with E-state index in [1.54, 1.807) is 15.9 Å². The van der Waals surface area contributed by atoms with Crippen LogP contribution in [0.1, 0.15) is 29.3 Å². The van der Waals surface area contributed by atoms with Gasteiger partial charge in [0.15, 0.2) is 0 Å². The van der Waals surface area contributed by atoms with Gasteiger partial charge in [-0.3, -0.25) is 14.6 Å². The Balaban J connectivity index is 1.45. The molecule has 0 bridgehead atoms. The van der Waals surface area contributed by atoms with Gasteiger partial charge in [-0.25, -0.2) is 13.1 Å². The Kier molecular flexibility index (Phi) is 7.17. The van der Waals surface area contributed by atoms with Crippen molar-refractivity contribution >= 4 is 21.8 Å². The quantitative estimate of drug-likeness (QED) is 0.714. The summed E-state index contributed by atoms with van der Waals surface area (Å²) < 4.78 is 26.7. The van der Waals surface area contributed by atoms with Gasteiger partial charge in [0, 0.05) is 57.1 Å². The van der Waals surface area contributed by atoms with Gasteiger partial charge in [0.05, 0.1) is 0 Å². The van der Waals surface area contributed by atoms with Crippen molar-refractivity contribution in [3.05, 3.63) is 59.9 Å². The van der Waals surface area contributed by atoms with Crippen LogP contribution in [-0.2, 0) is 21.2 Å². The fourth-order valence-electron chi connectivity index (χ4n) is 3.26. The van der Waals surface area contributed by atoms with Crippen LogP contribution in [0.25, 0.3) is 0 Å². The molecule has 1 aliphatic heterocycles. The number of aromatic nitrogens is 1. The summed E-state index contributed by atoms with van der Waals surface area (Å²) in [7, 11) is -3.68. The van der Waals surface area contributed by atoms with Crippen LogP contribution in [-0.4, -0.2) is 67.7 Å². The van der Waals surface area contributed by atoms with Gasteiger partial charge in [-0.2, -0.15) is 0 Å². The van der Waals surface area contributed by atoms with Crippen molar-refractivity contribution in [1.82, 2.24) is 19.5 Å². The zero-order valence-corrected chi connectivity index (χ0v) is 17.8. The van der Waals surface area contributed by atoms with E-state index < -0.39 is 10.0 Å². The van der Waals surface area contributed by atoms with Crippen molar-refractivity contribution in [1.29, 1.82) is 0 Å². The third-order valence-corrected chi connectivity index (χ3v) is 6.55. The Hall–Kier alpha value is -2.78. The first-order chi connectivity index (χ1) is 14.4. The molecule has 2 amide bonds. The molecule has 1 aromatic heterocycles. The summed E-state index contributed by atoms with van der Waals surface area (Å²) in [6.07, 6.45) is 3.74. The highest BCUT2D eigenvalue weighted by molar-refractivity contribution is 7.89. The molecule has 1 aliphatic rings. The van der Waals surface area contributed by atoms with E-state index in [1.165, 1.54) is 24.0 Å². The van der Waals surface area contributed by atoms with Crippen LogP contribution in [0.5, 0.6) is 0 Å². The number of hydrogen-bond donors (Lipinski definition) is 1. The minimum atomic E-state index is -3.68. The molecule has 8 nitrogen and oxygen atoms in total. The highest BCUT2D eigenvalue weighted by Crippen LogP contribution is 2.12. The summed E-state index contributed by atoms with van der Waals surface area (Å²) >= 11 is 0. The second-order valence-corrected chi connectivity index (χ2v) is 8.83. The number of sulfonamides is 1. The van der Waals surface area contributed by atoms with Gasteiger partial charge in [-0.05, 0) is 36.2 Å². The number of nitrogens with one attached hydrogen (secondary N) is 1. The maximum Gasteiger partial charge on any atom is 0.253 e. The van der Waals surface area contributed by atoms with E-state index in [9.17, 15) is 18.0 Å². The van der Waals surface area contributed by atoms with Gasteiger partial charge >= 0.3 is 0 Å². The van der Waals surface area contributed by atoms with Gasteiger partial charge in [0.2, 0.25) is 15.9 Å². The average molecular weight is 431 g/mol. The van der Waals surface area contributed by atoms with Crippen molar-refractivity contribution in [2.75, 3.05) is 32.7 Å². The lowest BCUT2D eigenvalue weighted by molar-refractivity contribution is -0.132. The number of aryl methyl sites for hydroxylation is 1. The van der Waals surface area contributed by atoms with Crippen LogP contribution in [0.15, 0.2) is 53.7 Å². The predicted octanol–water partition coefficient (Wildman–Crippen LogP) is 1.30. The molecule has 0 spiro atoms. The SMILES string of the molecule is CCc1ccc(C(=O)N2CCN(C(=O)CCNS(=O)(=O)c3cccnc3)CC2)cc1. The number of carbonyl (C=O) groups excluding carboxylic acids is 2. The molecule has 0 aliphatic carbocycles. The second kappa shape index (κ2) is 9.82. The maximum atomic E-state index is 12.6. The van der Waals surface area contributed by atoms with E-state index in [0.29, 0.717) is 31.7 Å². The van der Waals surface area contributed by atoms with E-state index in [0.717, 1.165) is 6.42 Å². The van der Waals surface area contributed by atoms with Gasteiger partial charge in [-0.1, -0.05) is 19.1 Å². The van der Waals surface area contributed by atoms with Gasteiger partial charge in [0.25, 0.3) is 5.91 Å². The highest BCUT2D eigenvalue weighted by atomic mass is 32.2. The normalized spacial score (nSPS) is 14.6. The fourth-order valence-corrected chi connectivity index (χ4v) is 4.26. The highest BCUT2D eigenvalue weighted by Gasteiger charge is 2.25. The summed E-state index contributed by atoms with van der Waals surface area (Å²) in [5.74, 6) is -0.169. The number of hydrogen-bond acceptors (Lipinski definition) is 5. The zero-order chi connectivity index (χ0) is 21.6. The monoisotopic (exact) mass is 430 g/mol. The molecule has 0 unspecified atom stereocenters. The standard InChI is InChI=1S/C21H26N4O4S/c1-2-17-5-7-18(8-6-17)21(27)25-14-12-24(13-15-25)20(26)9-11-23-30(28,29)19-4-3-10-22-16-19/h3-8,10,16,23H,2,9,11-15H2,1H3. The number of nitrogens with zero attached hydrogens (tertiary/aromatic N) is 3. The summed E-state index contributed by atoms with van der Waals surface area (Å²) in [6, 6.07) is 10.6. The molecule has 160 valence electrons. The third kappa shape index (κ3) is 5.43. The minimum Gasteiger partial charge on any atom is -0.339 e. The minimum absolute atomic E-state index is 0.0129. The topological polar surface area (TPSA) is 99.7 Å². The molecule has 9 heteroatoms. The van der Waals surface area contributed by atoms with E-state index >= 15 is 0 Å². The van der Waals surface area contributed by atoms with Crippen molar-refractivity contribution in [2.24, 2.45) is 0 Å². The molecular weight excluding hydrogens is 404 g/mol. The van der Waals surface area contributed by atoms with Crippen LogP contribution in [0.4, 0.5) is 0 Å². The summed E-state index contributed by atoms with van der Waals surface area (Å²) in [4.78, 5) is 32.3. The smallest absolute Gasteiger partial charge is 0.253 e. The van der Waals surface area contributed by atoms with Crippen LogP contribution in [0.3, 0.4) is 0 Å². The second-order valence-electron chi connectivity index (χ2n) is 7.06. The van der Waals surface area contributed by atoms with Crippen molar-refractivity contribution in [3.8, 4) is 0 Å². The average Bonchev–Trinajstić information content (AvgIpc) is 2.79. The molecule has 0 atom stereocenters. The largest absolute Gasteiger partial charge is 0.339 e. The van der Waals surface area contributed by atoms with E-state index in [4.69, 9.17) is 0 Å². The first kappa shape index (κ1) is 21.9. The lowest BCUT2D eigenvalue weighted by atomic mass is 10.1. The molecule has 0 saturated carbocycles. The van der Waals surface area contributed by atoms with Gasteiger partial charge in [-0.15, -0.1) is 0 Å². The lowest BCUT2D eigenvalue weighted by Gasteiger charge is -2.35. The summed E-state index contributed by atoms with van der Waals surface area (Å²) in [5.41, 5.74) is 1.83. The molecule has 3 rings (SSSR count). The van der Waals surface area contributed by atoms with Crippen molar-refractivity contribution < 1.29 is 18.0 Å². The molecule has 1 aromatic carbocycles. The zero-order valence-electron chi connectivity index (χ0n) is 17.0. The first-order valence-corrected chi connectivity index (χ1v) is 11.4. The molecule has 1 N–H and O–H groups in total. The van der Waals surface area contributed by atoms with E-state index in [1.807, 2.05) is 24.3 Å². The molecule has 1 fully saturated rings. The Bertz CT molecular complexity index is 970. The summed E-state index contributed by atoms with van der Waals surface area (Å²) in [6.45, 7) is 3.87. The van der Waals surface area contributed by atoms with Crippen molar-refractivity contribution in [3.63, 3.8) is 0 Å². The van der Waals surface area contributed by atoms with Crippen LogP contribution in [0, 0.1) is 0 Å². The molecule has 2 aromatic rings.